The first-order valence-corrected chi connectivity index (χ1v) is 8.79. The summed E-state index contributed by atoms with van der Waals surface area (Å²) in [6.45, 7) is 3.19. The molecule has 2 aliphatic heterocycles. The Bertz CT molecular complexity index is 619. The fourth-order valence-electron chi connectivity index (χ4n) is 2.71. The van der Waals surface area contributed by atoms with Crippen LogP contribution in [0, 0.1) is 0 Å². The Labute approximate surface area is 144 Å². The van der Waals surface area contributed by atoms with Gasteiger partial charge in [-0.3, -0.25) is 14.4 Å². The summed E-state index contributed by atoms with van der Waals surface area (Å²) in [5.41, 5.74) is 0.680. The Morgan fingerprint density at radius 1 is 1.25 bits per heavy atom. The third kappa shape index (κ3) is 4.14. The highest BCUT2D eigenvalue weighted by molar-refractivity contribution is 8.15. The number of ether oxygens (including phenoxy) is 1. The first-order chi connectivity index (χ1) is 11.6. The molecule has 8 heteroatoms. The summed E-state index contributed by atoms with van der Waals surface area (Å²) in [5, 5.41) is 1.84. The van der Waals surface area contributed by atoms with Crippen LogP contribution in [0.5, 0.6) is 0 Å². The molecule has 0 bridgehead atoms. The van der Waals surface area contributed by atoms with E-state index in [-0.39, 0.29) is 23.5 Å². The summed E-state index contributed by atoms with van der Waals surface area (Å²) in [6.07, 6.45) is -0.000914. The SMILES string of the molecule is O=C(C[C@H]1SC(=O)N(C[NH+]2CCOCC2)C1=O)Nc1ccccc1. The number of nitrogens with zero attached hydrogens (tertiary/aromatic N) is 1. The zero-order valence-electron chi connectivity index (χ0n) is 13.2. The largest absolute Gasteiger partial charge is 0.370 e. The van der Waals surface area contributed by atoms with Crippen molar-refractivity contribution < 1.29 is 24.0 Å². The van der Waals surface area contributed by atoms with Gasteiger partial charge in [-0.1, -0.05) is 30.0 Å². The van der Waals surface area contributed by atoms with Gasteiger partial charge in [0.2, 0.25) is 11.8 Å². The Morgan fingerprint density at radius 3 is 2.67 bits per heavy atom. The molecular formula is C16H20N3O4S+. The van der Waals surface area contributed by atoms with Crippen LogP contribution in [0.15, 0.2) is 30.3 Å². The molecule has 0 spiro atoms. The molecular weight excluding hydrogens is 330 g/mol. The molecule has 2 aliphatic rings. The van der Waals surface area contributed by atoms with Crippen molar-refractivity contribution in [3.63, 3.8) is 0 Å². The topological polar surface area (TPSA) is 80.2 Å². The van der Waals surface area contributed by atoms with E-state index >= 15 is 0 Å². The predicted octanol–water partition coefficient (Wildman–Crippen LogP) is -0.0482. The van der Waals surface area contributed by atoms with Gasteiger partial charge in [0.1, 0.15) is 18.3 Å². The van der Waals surface area contributed by atoms with Crippen molar-refractivity contribution in [2.75, 3.05) is 38.3 Å². The van der Waals surface area contributed by atoms with Gasteiger partial charge in [0, 0.05) is 12.1 Å². The number of benzene rings is 1. The first-order valence-electron chi connectivity index (χ1n) is 7.91. The Morgan fingerprint density at radius 2 is 1.96 bits per heavy atom. The third-order valence-electron chi connectivity index (χ3n) is 4.01. The molecule has 128 valence electrons. The Balaban J connectivity index is 1.54. The van der Waals surface area contributed by atoms with Crippen molar-refractivity contribution in [3.8, 4) is 0 Å². The molecule has 0 saturated carbocycles. The van der Waals surface area contributed by atoms with E-state index in [1.165, 1.54) is 4.90 Å². The summed E-state index contributed by atoms with van der Waals surface area (Å²) in [4.78, 5) is 39.0. The van der Waals surface area contributed by atoms with Crippen LogP contribution < -0.4 is 10.2 Å². The highest BCUT2D eigenvalue weighted by Gasteiger charge is 2.42. The lowest BCUT2D eigenvalue weighted by Crippen LogP contribution is -3.15. The molecule has 2 heterocycles. The van der Waals surface area contributed by atoms with Gasteiger partial charge in [-0.2, -0.15) is 0 Å². The van der Waals surface area contributed by atoms with Gasteiger partial charge >= 0.3 is 0 Å². The van der Waals surface area contributed by atoms with Gasteiger partial charge in [-0.25, -0.2) is 4.90 Å². The van der Waals surface area contributed by atoms with Crippen molar-refractivity contribution in [1.82, 2.24) is 4.90 Å². The molecule has 7 nitrogen and oxygen atoms in total. The minimum absolute atomic E-state index is 0.000914. The Kier molecular flexibility index (Phi) is 5.49. The number of hydrogen-bond acceptors (Lipinski definition) is 5. The van der Waals surface area contributed by atoms with Crippen LogP contribution in [-0.4, -0.2) is 60.2 Å². The normalized spacial score (nSPS) is 22.0. The van der Waals surface area contributed by atoms with Gasteiger partial charge < -0.3 is 15.0 Å². The first kappa shape index (κ1) is 16.9. The van der Waals surface area contributed by atoms with Crippen molar-refractivity contribution in [2.24, 2.45) is 0 Å². The second-order valence-electron chi connectivity index (χ2n) is 5.78. The molecule has 0 unspecified atom stereocenters. The number of rotatable bonds is 5. The average Bonchev–Trinajstić information content (AvgIpc) is 2.84. The van der Waals surface area contributed by atoms with Crippen LogP contribution in [0.2, 0.25) is 0 Å². The van der Waals surface area contributed by atoms with Crippen LogP contribution in [-0.2, 0) is 14.3 Å². The Hall–Kier alpha value is -1.90. The second kappa shape index (κ2) is 7.78. The zero-order chi connectivity index (χ0) is 16.9. The second-order valence-corrected chi connectivity index (χ2v) is 6.93. The van der Waals surface area contributed by atoms with E-state index in [2.05, 4.69) is 5.32 Å². The van der Waals surface area contributed by atoms with E-state index in [9.17, 15) is 14.4 Å². The fraction of sp³-hybridized carbons (Fsp3) is 0.438. The number of para-hydroxylation sites is 1. The molecule has 3 rings (SSSR count). The monoisotopic (exact) mass is 350 g/mol. The van der Waals surface area contributed by atoms with Crippen LogP contribution in [0.25, 0.3) is 0 Å². The molecule has 2 fully saturated rings. The lowest BCUT2D eigenvalue weighted by molar-refractivity contribution is -0.915. The van der Waals surface area contributed by atoms with Crippen LogP contribution in [0.1, 0.15) is 6.42 Å². The molecule has 0 aromatic heterocycles. The van der Waals surface area contributed by atoms with Crippen molar-refractivity contribution in [1.29, 1.82) is 0 Å². The standard InChI is InChI=1S/C16H19N3O4S/c20-14(17-12-4-2-1-3-5-12)10-13-15(21)19(16(22)24-13)11-18-6-8-23-9-7-18/h1-5,13H,6-11H2,(H,17,20)/p+1/t13-/m1/s1. The number of quaternary nitrogens is 1. The van der Waals surface area contributed by atoms with Crippen molar-refractivity contribution in [3.05, 3.63) is 30.3 Å². The third-order valence-corrected chi connectivity index (χ3v) is 5.09. The molecule has 1 aromatic carbocycles. The summed E-state index contributed by atoms with van der Waals surface area (Å²) in [6, 6.07) is 9.06. The molecule has 1 aromatic rings. The predicted molar refractivity (Wildman–Crippen MR) is 89.7 cm³/mol. The van der Waals surface area contributed by atoms with Crippen molar-refractivity contribution >= 4 is 34.5 Å². The number of thioether (sulfide) groups is 1. The van der Waals surface area contributed by atoms with Crippen LogP contribution in [0.3, 0.4) is 0 Å². The van der Waals surface area contributed by atoms with Gasteiger partial charge in [-0.15, -0.1) is 0 Å². The lowest BCUT2D eigenvalue weighted by Gasteiger charge is -2.26. The molecule has 2 N–H and O–H groups in total. The number of carbonyl (C=O) groups is 3. The number of morpholine rings is 1. The number of imide groups is 1. The van der Waals surface area contributed by atoms with Crippen LogP contribution >= 0.6 is 11.8 Å². The van der Waals surface area contributed by atoms with Gasteiger partial charge in [-0.05, 0) is 12.1 Å². The fourth-order valence-corrected chi connectivity index (χ4v) is 3.70. The molecule has 1 atom stereocenters. The molecule has 0 aliphatic carbocycles. The van der Waals surface area contributed by atoms with Crippen molar-refractivity contribution in [2.45, 2.75) is 11.7 Å². The number of anilines is 1. The van der Waals surface area contributed by atoms with E-state index in [1.807, 2.05) is 18.2 Å². The summed E-state index contributed by atoms with van der Waals surface area (Å²) < 4.78 is 5.28. The zero-order valence-corrected chi connectivity index (χ0v) is 14.0. The maximum Gasteiger partial charge on any atom is 0.293 e. The van der Waals surface area contributed by atoms with Gasteiger partial charge in [0.25, 0.3) is 5.24 Å². The maximum absolute atomic E-state index is 12.4. The van der Waals surface area contributed by atoms with E-state index in [4.69, 9.17) is 4.74 Å². The van der Waals surface area contributed by atoms with E-state index in [0.29, 0.717) is 25.6 Å². The minimum Gasteiger partial charge on any atom is -0.370 e. The summed E-state index contributed by atoms with van der Waals surface area (Å²) in [5.74, 6) is -0.535. The highest BCUT2D eigenvalue weighted by atomic mass is 32.2. The van der Waals surface area contributed by atoms with E-state index in [1.54, 1.807) is 12.1 Å². The number of carbonyl (C=O) groups excluding carboxylic acids is 3. The quantitative estimate of drug-likeness (QED) is 0.778. The lowest BCUT2D eigenvalue weighted by atomic mass is 10.2. The smallest absolute Gasteiger partial charge is 0.293 e. The van der Waals surface area contributed by atoms with Gasteiger partial charge in [0.15, 0.2) is 6.67 Å². The average molecular weight is 350 g/mol. The van der Waals surface area contributed by atoms with E-state index < -0.39 is 5.25 Å². The summed E-state index contributed by atoms with van der Waals surface area (Å²) in [7, 11) is 0. The number of amides is 3. The number of hydrogen-bond donors (Lipinski definition) is 2. The highest BCUT2D eigenvalue weighted by Crippen LogP contribution is 2.28. The molecule has 3 amide bonds. The van der Waals surface area contributed by atoms with Gasteiger partial charge in [0.05, 0.1) is 13.2 Å². The molecule has 2 saturated heterocycles. The van der Waals surface area contributed by atoms with E-state index in [0.717, 1.165) is 29.8 Å². The number of nitrogens with one attached hydrogen (secondary N) is 2. The molecule has 0 radical (unpaired) electrons. The molecule has 24 heavy (non-hydrogen) atoms. The summed E-state index contributed by atoms with van der Waals surface area (Å²) >= 11 is 0.941. The minimum atomic E-state index is -0.637. The van der Waals surface area contributed by atoms with Crippen LogP contribution in [0.4, 0.5) is 10.5 Å². The maximum atomic E-state index is 12.4.